The first kappa shape index (κ1) is 23.3. The van der Waals surface area contributed by atoms with Crippen molar-refractivity contribution in [2.75, 3.05) is 6.61 Å². The van der Waals surface area contributed by atoms with E-state index < -0.39 is 5.60 Å². The van der Waals surface area contributed by atoms with Crippen LogP contribution >= 0.6 is 0 Å². The summed E-state index contributed by atoms with van der Waals surface area (Å²) in [5.74, 6) is 0.511. The zero-order chi connectivity index (χ0) is 20.0. The predicted molar refractivity (Wildman–Crippen MR) is 113 cm³/mol. The zero-order valence-corrected chi connectivity index (χ0v) is 17.6. The van der Waals surface area contributed by atoms with Gasteiger partial charge in [0.25, 0.3) is 0 Å². The fraction of sp³-hybridized carbons (Fsp3) is 0.625. The summed E-state index contributed by atoms with van der Waals surface area (Å²) in [6, 6.07) is 7.20. The van der Waals surface area contributed by atoms with Crippen molar-refractivity contribution in [3.63, 3.8) is 0 Å². The van der Waals surface area contributed by atoms with Crippen LogP contribution in [0.1, 0.15) is 95.3 Å². The van der Waals surface area contributed by atoms with Gasteiger partial charge in [0.05, 0.1) is 12.2 Å². The van der Waals surface area contributed by atoms with E-state index in [0.29, 0.717) is 5.56 Å². The van der Waals surface area contributed by atoms with Crippen LogP contribution in [-0.4, -0.2) is 18.2 Å². The van der Waals surface area contributed by atoms with E-state index in [-0.39, 0.29) is 5.97 Å². The van der Waals surface area contributed by atoms with Crippen LogP contribution in [0, 0.1) is 0 Å². The highest BCUT2D eigenvalue weighted by Crippen LogP contribution is 2.17. The summed E-state index contributed by atoms with van der Waals surface area (Å²) >= 11 is 0. The molecule has 1 aromatic rings. The van der Waals surface area contributed by atoms with Crippen molar-refractivity contribution in [2.45, 2.75) is 90.6 Å². The Bertz CT molecular complexity index is 526. The van der Waals surface area contributed by atoms with Crippen molar-refractivity contribution >= 4 is 5.97 Å². The number of carbonyl (C=O) groups is 1. The van der Waals surface area contributed by atoms with Gasteiger partial charge >= 0.3 is 5.97 Å². The smallest absolute Gasteiger partial charge is 0.338 e. The average molecular weight is 375 g/mol. The topological polar surface area (TPSA) is 35.5 Å². The molecule has 0 bridgehead atoms. The molecule has 0 unspecified atom stereocenters. The van der Waals surface area contributed by atoms with Gasteiger partial charge in [-0.25, -0.2) is 4.79 Å². The van der Waals surface area contributed by atoms with Crippen molar-refractivity contribution in [2.24, 2.45) is 0 Å². The summed E-state index contributed by atoms with van der Waals surface area (Å²) in [7, 11) is 0. The maximum absolute atomic E-state index is 12.0. The van der Waals surface area contributed by atoms with E-state index >= 15 is 0 Å². The number of carbonyl (C=O) groups excluding carboxylic acids is 1. The minimum atomic E-state index is -0.474. The lowest BCUT2D eigenvalue weighted by molar-refractivity contribution is 0.00695. The molecule has 1 aromatic carbocycles. The molecule has 0 atom stereocenters. The summed E-state index contributed by atoms with van der Waals surface area (Å²) in [6.45, 7) is 10.1. The van der Waals surface area contributed by atoms with Gasteiger partial charge in [0.1, 0.15) is 11.4 Å². The first-order chi connectivity index (χ1) is 12.9. The van der Waals surface area contributed by atoms with E-state index in [1.165, 1.54) is 51.4 Å². The largest absolute Gasteiger partial charge is 0.494 e. The highest BCUT2D eigenvalue weighted by molar-refractivity contribution is 5.89. The first-order valence-electron chi connectivity index (χ1n) is 10.5. The van der Waals surface area contributed by atoms with Crippen LogP contribution in [0.15, 0.2) is 36.9 Å². The van der Waals surface area contributed by atoms with Gasteiger partial charge in [-0.3, -0.25) is 0 Å². The molecule has 3 nitrogen and oxygen atoms in total. The Labute approximate surface area is 166 Å². The fourth-order valence-electron chi connectivity index (χ4n) is 2.84. The molecule has 0 saturated heterocycles. The van der Waals surface area contributed by atoms with E-state index in [2.05, 4.69) is 6.58 Å². The number of hydrogen-bond acceptors (Lipinski definition) is 3. The summed E-state index contributed by atoms with van der Waals surface area (Å²) < 4.78 is 11.1. The standard InChI is InChI=1S/C24H38O3/c1-5-6-7-8-9-10-11-12-13-14-15-20-26-22-18-16-21(17-19-22)23(25)27-24(2,3)4/h5,16-19H,1,6-15,20H2,2-4H3. The summed E-state index contributed by atoms with van der Waals surface area (Å²) in [5.41, 5.74) is 0.0827. The van der Waals surface area contributed by atoms with Crippen LogP contribution in [0.2, 0.25) is 0 Å². The fourth-order valence-corrected chi connectivity index (χ4v) is 2.84. The Balaban J connectivity index is 2.05. The maximum Gasteiger partial charge on any atom is 0.338 e. The normalized spacial score (nSPS) is 11.2. The molecule has 0 aliphatic rings. The lowest BCUT2D eigenvalue weighted by atomic mass is 10.1. The number of benzene rings is 1. The Morgan fingerprint density at radius 3 is 1.93 bits per heavy atom. The van der Waals surface area contributed by atoms with Gasteiger partial charge in [-0.2, -0.15) is 0 Å². The molecule has 0 fully saturated rings. The second-order valence-electron chi connectivity index (χ2n) is 8.13. The van der Waals surface area contributed by atoms with Crippen LogP contribution in [0.25, 0.3) is 0 Å². The Hall–Kier alpha value is -1.77. The van der Waals surface area contributed by atoms with Crippen LogP contribution in [0.4, 0.5) is 0 Å². The third-order valence-corrected chi connectivity index (χ3v) is 4.31. The molecule has 0 saturated carbocycles. The second kappa shape index (κ2) is 13.4. The van der Waals surface area contributed by atoms with Gasteiger partial charge in [0.15, 0.2) is 0 Å². The van der Waals surface area contributed by atoms with Gasteiger partial charge < -0.3 is 9.47 Å². The quantitative estimate of drug-likeness (QED) is 0.198. The zero-order valence-electron chi connectivity index (χ0n) is 17.6. The summed E-state index contributed by atoms with van der Waals surface area (Å²) in [5, 5.41) is 0. The van der Waals surface area contributed by atoms with Gasteiger partial charge in [-0.1, -0.05) is 51.0 Å². The van der Waals surface area contributed by atoms with E-state index in [1.807, 2.05) is 39.0 Å². The highest BCUT2D eigenvalue weighted by Gasteiger charge is 2.17. The monoisotopic (exact) mass is 374 g/mol. The molecule has 1 rings (SSSR count). The van der Waals surface area contributed by atoms with E-state index in [4.69, 9.17) is 9.47 Å². The van der Waals surface area contributed by atoms with Crippen LogP contribution < -0.4 is 4.74 Å². The van der Waals surface area contributed by atoms with E-state index in [0.717, 1.165) is 25.2 Å². The number of ether oxygens (including phenoxy) is 2. The molecule has 3 heteroatoms. The molecule has 0 N–H and O–H groups in total. The predicted octanol–water partition coefficient (Wildman–Crippen LogP) is 7.11. The Morgan fingerprint density at radius 1 is 0.889 bits per heavy atom. The third-order valence-electron chi connectivity index (χ3n) is 4.31. The highest BCUT2D eigenvalue weighted by atomic mass is 16.6. The van der Waals surface area contributed by atoms with E-state index in [9.17, 15) is 4.79 Å². The second-order valence-corrected chi connectivity index (χ2v) is 8.13. The van der Waals surface area contributed by atoms with Crippen LogP contribution in [0.3, 0.4) is 0 Å². The van der Waals surface area contributed by atoms with Crippen LogP contribution in [-0.2, 0) is 4.74 Å². The molecule has 0 aliphatic carbocycles. The molecule has 0 radical (unpaired) electrons. The van der Waals surface area contributed by atoms with E-state index in [1.54, 1.807) is 12.1 Å². The summed E-state index contributed by atoms with van der Waals surface area (Å²) in [6.07, 6.45) is 14.8. The number of allylic oxidation sites excluding steroid dienone is 1. The first-order valence-corrected chi connectivity index (χ1v) is 10.5. The molecular formula is C24H38O3. The van der Waals surface area contributed by atoms with Gasteiger partial charge in [-0.15, -0.1) is 6.58 Å². The van der Waals surface area contributed by atoms with Crippen molar-refractivity contribution < 1.29 is 14.3 Å². The third kappa shape index (κ3) is 12.3. The van der Waals surface area contributed by atoms with Crippen molar-refractivity contribution in [1.82, 2.24) is 0 Å². The van der Waals surface area contributed by atoms with Crippen molar-refractivity contribution in [1.29, 1.82) is 0 Å². The SMILES string of the molecule is C=CCCCCCCCCCCCOc1ccc(C(=O)OC(C)(C)C)cc1. The molecule has 0 heterocycles. The molecular weight excluding hydrogens is 336 g/mol. The minimum absolute atomic E-state index is 0.297. The number of unbranched alkanes of at least 4 members (excludes halogenated alkanes) is 9. The van der Waals surface area contributed by atoms with Gasteiger partial charge in [0.2, 0.25) is 0 Å². The average Bonchev–Trinajstić information content (AvgIpc) is 2.61. The van der Waals surface area contributed by atoms with Crippen LogP contribution in [0.5, 0.6) is 5.75 Å². The maximum atomic E-state index is 12.0. The van der Waals surface area contributed by atoms with Crippen molar-refractivity contribution in [3.05, 3.63) is 42.5 Å². The lowest BCUT2D eigenvalue weighted by Gasteiger charge is -2.19. The lowest BCUT2D eigenvalue weighted by Crippen LogP contribution is -2.23. The number of esters is 1. The molecule has 0 aromatic heterocycles. The Kier molecular flexibility index (Phi) is 11.6. The number of hydrogen-bond donors (Lipinski definition) is 0. The molecule has 152 valence electrons. The number of rotatable bonds is 14. The van der Waals surface area contributed by atoms with Crippen molar-refractivity contribution in [3.8, 4) is 5.75 Å². The molecule has 0 aliphatic heterocycles. The van der Waals surface area contributed by atoms with Gasteiger partial charge in [-0.05, 0) is 64.3 Å². The Morgan fingerprint density at radius 2 is 1.41 bits per heavy atom. The minimum Gasteiger partial charge on any atom is -0.494 e. The molecule has 0 spiro atoms. The summed E-state index contributed by atoms with van der Waals surface area (Å²) in [4.78, 5) is 12.0. The van der Waals surface area contributed by atoms with Gasteiger partial charge in [0, 0.05) is 0 Å². The molecule has 0 amide bonds. The molecule has 27 heavy (non-hydrogen) atoms.